The normalized spacial score (nSPS) is 24.7. The van der Waals surface area contributed by atoms with Gasteiger partial charge in [-0.2, -0.15) is 0 Å². The number of hydrogen-bond acceptors (Lipinski definition) is 3. The van der Waals surface area contributed by atoms with Crippen LogP contribution in [-0.4, -0.2) is 5.97 Å². The van der Waals surface area contributed by atoms with Crippen LogP contribution < -0.4 is 10.4 Å². The minimum atomic E-state index is -1.19. The molecule has 4 heteroatoms. The molecule has 116 valence electrons. The molecule has 2 aromatic rings. The molecule has 1 N–H and O–H groups in total. The molecule has 0 aromatic heterocycles. The number of fused-ring (bicyclic) bond motifs is 3. The minimum absolute atomic E-state index is 0.0461. The van der Waals surface area contributed by atoms with Gasteiger partial charge in [0.15, 0.2) is 0 Å². The van der Waals surface area contributed by atoms with Crippen LogP contribution in [0.3, 0.4) is 0 Å². The quantitative estimate of drug-likeness (QED) is 0.868. The number of carbonyl (C=O) groups is 1. The Hall–Kier alpha value is -2.62. The van der Waals surface area contributed by atoms with Crippen molar-refractivity contribution >= 4 is 11.7 Å². The zero-order valence-corrected chi connectivity index (χ0v) is 12.3. The largest absolute Gasteiger partial charge is 0.545 e. The molecule has 0 unspecified atom stereocenters. The van der Waals surface area contributed by atoms with Crippen LogP contribution in [0.1, 0.15) is 39.9 Å². The number of benzene rings is 2. The minimum Gasteiger partial charge on any atom is -0.545 e. The van der Waals surface area contributed by atoms with Crippen molar-refractivity contribution in [3.8, 4) is 0 Å². The van der Waals surface area contributed by atoms with E-state index in [9.17, 15) is 14.3 Å². The zero-order chi connectivity index (χ0) is 16.0. The number of rotatable bonds is 2. The van der Waals surface area contributed by atoms with Gasteiger partial charge in [-0.3, -0.25) is 0 Å². The summed E-state index contributed by atoms with van der Waals surface area (Å²) in [6.45, 7) is 0. The number of aromatic carboxylic acids is 1. The molecule has 2 aromatic carbocycles. The topological polar surface area (TPSA) is 52.2 Å². The lowest BCUT2D eigenvalue weighted by Gasteiger charge is -2.37. The Balaban J connectivity index is 1.75. The highest BCUT2D eigenvalue weighted by Gasteiger charge is 2.38. The van der Waals surface area contributed by atoms with Crippen LogP contribution >= 0.6 is 0 Å². The van der Waals surface area contributed by atoms with Crippen molar-refractivity contribution in [2.75, 3.05) is 5.32 Å². The number of carboxylic acids is 1. The van der Waals surface area contributed by atoms with E-state index in [2.05, 4.69) is 17.5 Å². The van der Waals surface area contributed by atoms with Crippen molar-refractivity contribution in [3.63, 3.8) is 0 Å². The first-order valence-electron chi connectivity index (χ1n) is 7.68. The van der Waals surface area contributed by atoms with Gasteiger partial charge in [0.25, 0.3) is 0 Å². The first kappa shape index (κ1) is 14.0. The van der Waals surface area contributed by atoms with Crippen LogP contribution in [0.4, 0.5) is 10.1 Å². The van der Waals surface area contributed by atoms with E-state index in [4.69, 9.17) is 0 Å². The summed E-state index contributed by atoms with van der Waals surface area (Å²) in [4.78, 5) is 10.9. The fourth-order valence-electron chi connectivity index (χ4n) is 3.74. The lowest BCUT2D eigenvalue weighted by atomic mass is 9.77. The van der Waals surface area contributed by atoms with Gasteiger partial charge < -0.3 is 15.2 Å². The Bertz CT molecular complexity index is 798. The third kappa shape index (κ3) is 2.22. The number of hydrogen-bond donors (Lipinski definition) is 1. The van der Waals surface area contributed by atoms with Gasteiger partial charge >= 0.3 is 0 Å². The second-order valence-electron chi connectivity index (χ2n) is 6.09. The summed E-state index contributed by atoms with van der Waals surface area (Å²) in [6.07, 6.45) is 5.20. The summed E-state index contributed by atoms with van der Waals surface area (Å²) in [5, 5.41) is 14.2. The van der Waals surface area contributed by atoms with E-state index in [1.807, 2.05) is 6.07 Å². The van der Waals surface area contributed by atoms with Crippen molar-refractivity contribution in [2.45, 2.75) is 18.4 Å². The van der Waals surface area contributed by atoms with Gasteiger partial charge in [-0.15, -0.1) is 0 Å². The van der Waals surface area contributed by atoms with E-state index in [0.29, 0.717) is 11.6 Å². The molecule has 1 heterocycles. The molecule has 1 aliphatic heterocycles. The van der Waals surface area contributed by atoms with Gasteiger partial charge in [0.05, 0.1) is 17.7 Å². The lowest BCUT2D eigenvalue weighted by molar-refractivity contribution is -0.255. The predicted molar refractivity (Wildman–Crippen MR) is 83.5 cm³/mol. The number of carbonyl (C=O) groups excluding carboxylic acids is 1. The summed E-state index contributed by atoms with van der Waals surface area (Å²) in [7, 11) is 0. The molecule has 0 saturated carbocycles. The Labute approximate surface area is 133 Å². The number of halogens is 1. The zero-order valence-electron chi connectivity index (χ0n) is 12.3. The molecule has 1 aliphatic carbocycles. The fourth-order valence-corrected chi connectivity index (χ4v) is 3.74. The summed E-state index contributed by atoms with van der Waals surface area (Å²) >= 11 is 0. The second-order valence-corrected chi connectivity index (χ2v) is 6.09. The Kier molecular flexibility index (Phi) is 3.18. The molecular formula is C19H15FNO2-. The van der Waals surface area contributed by atoms with Gasteiger partial charge in [0.2, 0.25) is 0 Å². The molecule has 0 saturated heterocycles. The summed E-state index contributed by atoms with van der Waals surface area (Å²) < 4.78 is 14.2. The fraction of sp³-hybridized carbons (Fsp3) is 0.211. The van der Waals surface area contributed by atoms with E-state index in [0.717, 1.165) is 17.5 Å². The Morgan fingerprint density at radius 2 is 1.96 bits per heavy atom. The van der Waals surface area contributed by atoms with Crippen molar-refractivity contribution in [2.24, 2.45) is 5.92 Å². The van der Waals surface area contributed by atoms with Crippen LogP contribution in [0.25, 0.3) is 0 Å². The van der Waals surface area contributed by atoms with Gasteiger partial charge in [-0.25, -0.2) is 4.39 Å². The van der Waals surface area contributed by atoms with Crippen molar-refractivity contribution in [1.29, 1.82) is 0 Å². The molecule has 3 atom stereocenters. The SMILES string of the molecule is O=C([O-])c1ccc([C@H]2Nc3c(F)cccc3[C@@H]3C=CC[C@H]23)cc1. The average Bonchev–Trinajstić information content (AvgIpc) is 3.04. The molecule has 0 spiro atoms. The molecule has 0 radical (unpaired) electrons. The van der Waals surface area contributed by atoms with E-state index < -0.39 is 5.97 Å². The number of carboxylic acid groups (broad SMARTS) is 1. The number of nitrogens with one attached hydrogen (secondary N) is 1. The van der Waals surface area contributed by atoms with Crippen molar-refractivity contribution < 1.29 is 14.3 Å². The van der Waals surface area contributed by atoms with Crippen LogP contribution in [0.5, 0.6) is 0 Å². The van der Waals surface area contributed by atoms with Crippen molar-refractivity contribution in [1.82, 2.24) is 0 Å². The Morgan fingerprint density at radius 3 is 2.70 bits per heavy atom. The lowest BCUT2D eigenvalue weighted by Crippen LogP contribution is -2.30. The molecule has 0 bridgehead atoms. The maximum atomic E-state index is 14.2. The van der Waals surface area contributed by atoms with Crippen LogP contribution in [0.2, 0.25) is 0 Å². The predicted octanol–water partition coefficient (Wildman–Crippen LogP) is 3.02. The molecule has 2 aliphatic rings. The summed E-state index contributed by atoms with van der Waals surface area (Å²) in [6, 6.07) is 11.8. The highest BCUT2D eigenvalue weighted by atomic mass is 19.1. The van der Waals surface area contributed by atoms with Crippen LogP contribution in [0, 0.1) is 11.7 Å². The standard InChI is InChI=1S/C19H16FNO2/c20-16-6-2-5-15-13-3-1-4-14(13)17(21-18(15)16)11-7-9-12(10-8-11)19(22)23/h1-3,5-10,13-14,17,21H,4H2,(H,22,23)/p-1/t13-,14+,17-/m1/s1. The van der Waals surface area contributed by atoms with Gasteiger partial charge in [0, 0.05) is 5.92 Å². The van der Waals surface area contributed by atoms with Gasteiger partial charge in [0.1, 0.15) is 5.82 Å². The maximum absolute atomic E-state index is 14.2. The summed E-state index contributed by atoms with van der Waals surface area (Å²) in [5.74, 6) is -0.951. The van der Waals surface area contributed by atoms with E-state index in [1.54, 1.807) is 30.3 Å². The molecule has 3 nitrogen and oxygen atoms in total. The Morgan fingerprint density at radius 1 is 1.17 bits per heavy atom. The molecule has 23 heavy (non-hydrogen) atoms. The van der Waals surface area contributed by atoms with E-state index >= 15 is 0 Å². The molecule has 4 rings (SSSR count). The van der Waals surface area contributed by atoms with Gasteiger partial charge in [-0.05, 0) is 35.1 Å². The van der Waals surface area contributed by atoms with E-state index in [-0.39, 0.29) is 23.3 Å². The van der Waals surface area contributed by atoms with Crippen molar-refractivity contribution in [3.05, 3.63) is 77.1 Å². The highest BCUT2D eigenvalue weighted by molar-refractivity contribution is 5.85. The van der Waals surface area contributed by atoms with Crippen LogP contribution in [0.15, 0.2) is 54.6 Å². The average molecular weight is 308 g/mol. The maximum Gasteiger partial charge on any atom is 0.146 e. The first-order chi connectivity index (χ1) is 11.1. The number of allylic oxidation sites excluding steroid dienone is 2. The monoisotopic (exact) mass is 308 g/mol. The highest BCUT2D eigenvalue weighted by Crippen LogP contribution is 2.50. The molecular weight excluding hydrogens is 293 g/mol. The van der Waals surface area contributed by atoms with Crippen LogP contribution in [-0.2, 0) is 0 Å². The third-order valence-corrected chi connectivity index (χ3v) is 4.85. The smallest absolute Gasteiger partial charge is 0.146 e. The second kappa shape index (κ2) is 5.23. The summed E-state index contributed by atoms with van der Waals surface area (Å²) in [5.41, 5.74) is 2.65. The number of para-hydroxylation sites is 1. The molecule has 0 amide bonds. The first-order valence-corrected chi connectivity index (χ1v) is 7.68. The van der Waals surface area contributed by atoms with Gasteiger partial charge in [-0.1, -0.05) is 48.6 Å². The third-order valence-electron chi connectivity index (χ3n) is 4.85. The van der Waals surface area contributed by atoms with E-state index in [1.165, 1.54) is 6.07 Å². The number of anilines is 1. The molecule has 0 fully saturated rings.